The van der Waals surface area contributed by atoms with Crippen molar-refractivity contribution in [3.63, 3.8) is 0 Å². The van der Waals surface area contributed by atoms with E-state index in [1.165, 1.54) is 23.7 Å². The first-order valence-electron chi connectivity index (χ1n) is 5.54. The van der Waals surface area contributed by atoms with Crippen molar-refractivity contribution in [2.45, 2.75) is 6.92 Å². The normalized spacial score (nSPS) is 10.6. The van der Waals surface area contributed by atoms with Crippen LogP contribution in [0.25, 0.3) is 11.4 Å². The van der Waals surface area contributed by atoms with Gasteiger partial charge in [0.1, 0.15) is 5.82 Å². The maximum Gasteiger partial charge on any atom is 0.202 e. The summed E-state index contributed by atoms with van der Waals surface area (Å²) in [6.45, 7) is 3.15. The Bertz CT molecular complexity index is 530. The third-order valence-electron chi connectivity index (χ3n) is 2.44. The molecular formula is C12H14FN3OS. The van der Waals surface area contributed by atoms with Gasteiger partial charge in [-0.2, -0.15) is 9.36 Å². The number of nitrogens with one attached hydrogen (secondary N) is 1. The molecule has 0 atom stereocenters. The van der Waals surface area contributed by atoms with E-state index >= 15 is 0 Å². The van der Waals surface area contributed by atoms with Gasteiger partial charge in [0.2, 0.25) is 5.13 Å². The lowest BCUT2D eigenvalue weighted by Gasteiger charge is -2.01. The zero-order valence-corrected chi connectivity index (χ0v) is 11.1. The van der Waals surface area contributed by atoms with Gasteiger partial charge in [-0.3, -0.25) is 0 Å². The second kappa shape index (κ2) is 5.88. The smallest absolute Gasteiger partial charge is 0.202 e. The summed E-state index contributed by atoms with van der Waals surface area (Å²) < 4.78 is 22.2. The summed E-state index contributed by atoms with van der Waals surface area (Å²) in [5, 5.41) is 3.85. The summed E-state index contributed by atoms with van der Waals surface area (Å²) in [7, 11) is 1.65. The van der Waals surface area contributed by atoms with Crippen LogP contribution in [-0.4, -0.2) is 29.6 Å². The Morgan fingerprint density at radius 3 is 3.00 bits per heavy atom. The van der Waals surface area contributed by atoms with Gasteiger partial charge in [0.05, 0.1) is 6.61 Å². The highest BCUT2D eigenvalue weighted by molar-refractivity contribution is 7.09. The van der Waals surface area contributed by atoms with Crippen LogP contribution in [0, 0.1) is 12.7 Å². The SMILES string of the molecule is COCCNc1nc(-c2ccc(F)cc2C)ns1. The summed E-state index contributed by atoms with van der Waals surface area (Å²) in [6, 6.07) is 4.60. The molecule has 0 spiro atoms. The first kappa shape index (κ1) is 12.9. The van der Waals surface area contributed by atoms with E-state index in [4.69, 9.17) is 4.74 Å². The minimum absolute atomic E-state index is 0.245. The third-order valence-corrected chi connectivity index (χ3v) is 3.11. The topological polar surface area (TPSA) is 47.0 Å². The zero-order valence-electron chi connectivity index (χ0n) is 10.2. The summed E-state index contributed by atoms with van der Waals surface area (Å²) in [6.07, 6.45) is 0. The Hall–Kier alpha value is -1.53. The van der Waals surface area contributed by atoms with Crippen LogP contribution in [0.4, 0.5) is 9.52 Å². The standard InChI is InChI=1S/C12H14FN3OS/c1-8-7-9(13)3-4-10(8)11-15-12(18-16-11)14-5-6-17-2/h3-4,7H,5-6H2,1-2H3,(H,14,15,16). The molecule has 0 saturated heterocycles. The molecular weight excluding hydrogens is 253 g/mol. The maximum atomic E-state index is 13.0. The molecule has 1 aromatic heterocycles. The molecule has 96 valence electrons. The summed E-state index contributed by atoms with van der Waals surface area (Å²) in [5.41, 5.74) is 1.68. The van der Waals surface area contributed by atoms with Gasteiger partial charge in [-0.25, -0.2) is 4.39 Å². The molecule has 0 fully saturated rings. The second-order valence-corrected chi connectivity index (χ2v) is 4.55. The summed E-state index contributed by atoms with van der Waals surface area (Å²) in [4.78, 5) is 4.36. The molecule has 0 unspecified atom stereocenters. The molecule has 0 bridgehead atoms. The molecule has 18 heavy (non-hydrogen) atoms. The van der Waals surface area contributed by atoms with Crippen LogP contribution in [0.15, 0.2) is 18.2 Å². The molecule has 0 amide bonds. The van der Waals surface area contributed by atoms with Crippen molar-refractivity contribution >= 4 is 16.7 Å². The molecule has 1 N–H and O–H groups in total. The molecule has 6 heteroatoms. The number of benzene rings is 1. The number of methoxy groups -OCH3 is 1. The molecule has 0 aliphatic heterocycles. The van der Waals surface area contributed by atoms with E-state index in [-0.39, 0.29) is 5.82 Å². The van der Waals surface area contributed by atoms with Crippen LogP contribution in [0.2, 0.25) is 0 Å². The minimum atomic E-state index is -0.245. The van der Waals surface area contributed by atoms with Gasteiger partial charge in [0.15, 0.2) is 5.82 Å². The number of nitrogens with zero attached hydrogens (tertiary/aromatic N) is 2. The van der Waals surface area contributed by atoms with Crippen molar-refractivity contribution in [2.75, 3.05) is 25.6 Å². The van der Waals surface area contributed by atoms with Crippen LogP contribution < -0.4 is 5.32 Å². The number of ether oxygens (including phenoxy) is 1. The first-order valence-corrected chi connectivity index (χ1v) is 6.31. The number of halogens is 1. The van der Waals surface area contributed by atoms with Crippen molar-refractivity contribution in [1.82, 2.24) is 9.36 Å². The predicted molar refractivity (Wildman–Crippen MR) is 70.4 cm³/mol. The summed E-state index contributed by atoms with van der Waals surface area (Å²) in [5.74, 6) is 0.377. The fourth-order valence-electron chi connectivity index (χ4n) is 1.54. The van der Waals surface area contributed by atoms with E-state index in [0.717, 1.165) is 16.3 Å². The van der Waals surface area contributed by atoms with Crippen LogP contribution >= 0.6 is 11.5 Å². The van der Waals surface area contributed by atoms with Gasteiger partial charge in [0, 0.05) is 30.8 Å². The van der Waals surface area contributed by atoms with Gasteiger partial charge >= 0.3 is 0 Å². The van der Waals surface area contributed by atoms with Crippen molar-refractivity contribution in [3.05, 3.63) is 29.6 Å². The quantitative estimate of drug-likeness (QED) is 0.846. The van der Waals surface area contributed by atoms with Crippen LogP contribution in [0.5, 0.6) is 0 Å². The maximum absolute atomic E-state index is 13.0. The zero-order chi connectivity index (χ0) is 13.0. The molecule has 0 aliphatic carbocycles. The highest BCUT2D eigenvalue weighted by atomic mass is 32.1. The van der Waals surface area contributed by atoms with Crippen LogP contribution in [0.1, 0.15) is 5.56 Å². The van der Waals surface area contributed by atoms with Gasteiger partial charge in [-0.1, -0.05) is 0 Å². The lowest BCUT2D eigenvalue weighted by molar-refractivity contribution is 0.211. The average molecular weight is 267 g/mol. The van der Waals surface area contributed by atoms with E-state index in [2.05, 4.69) is 14.7 Å². The van der Waals surface area contributed by atoms with Crippen LogP contribution in [-0.2, 0) is 4.74 Å². The van der Waals surface area contributed by atoms with E-state index < -0.39 is 0 Å². The van der Waals surface area contributed by atoms with Crippen molar-refractivity contribution in [1.29, 1.82) is 0 Å². The number of hydrogen-bond acceptors (Lipinski definition) is 5. The Balaban J connectivity index is 2.13. The van der Waals surface area contributed by atoms with E-state index in [1.54, 1.807) is 13.2 Å². The molecule has 0 saturated carbocycles. The lowest BCUT2D eigenvalue weighted by atomic mass is 10.1. The van der Waals surface area contributed by atoms with E-state index in [9.17, 15) is 4.39 Å². The molecule has 2 rings (SSSR count). The first-order chi connectivity index (χ1) is 8.70. The lowest BCUT2D eigenvalue weighted by Crippen LogP contribution is -2.07. The highest BCUT2D eigenvalue weighted by Gasteiger charge is 2.09. The number of rotatable bonds is 5. The molecule has 0 radical (unpaired) electrons. The largest absolute Gasteiger partial charge is 0.383 e. The minimum Gasteiger partial charge on any atom is -0.383 e. The van der Waals surface area contributed by atoms with E-state index in [1.807, 2.05) is 6.92 Å². The third kappa shape index (κ3) is 3.02. The van der Waals surface area contributed by atoms with Gasteiger partial charge in [0.25, 0.3) is 0 Å². The molecule has 1 aromatic carbocycles. The Kier molecular flexibility index (Phi) is 4.22. The van der Waals surface area contributed by atoms with Gasteiger partial charge in [-0.05, 0) is 30.7 Å². The van der Waals surface area contributed by atoms with E-state index in [0.29, 0.717) is 19.0 Å². The Labute approximate surface area is 109 Å². The van der Waals surface area contributed by atoms with Gasteiger partial charge < -0.3 is 10.1 Å². The van der Waals surface area contributed by atoms with Crippen molar-refractivity contribution in [3.8, 4) is 11.4 Å². The molecule has 1 heterocycles. The monoisotopic (exact) mass is 267 g/mol. The number of aryl methyl sites for hydroxylation is 1. The average Bonchev–Trinajstić information content (AvgIpc) is 2.78. The Morgan fingerprint density at radius 2 is 2.28 bits per heavy atom. The number of aromatic nitrogens is 2. The summed E-state index contributed by atoms with van der Waals surface area (Å²) >= 11 is 1.29. The van der Waals surface area contributed by atoms with Crippen LogP contribution in [0.3, 0.4) is 0 Å². The molecule has 4 nitrogen and oxygen atoms in total. The number of anilines is 1. The van der Waals surface area contributed by atoms with Gasteiger partial charge in [-0.15, -0.1) is 0 Å². The fourth-order valence-corrected chi connectivity index (χ4v) is 2.15. The van der Waals surface area contributed by atoms with Crippen molar-refractivity contribution in [2.24, 2.45) is 0 Å². The molecule has 2 aromatic rings. The predicted octanol–water partition coefficient (Wildman–Crippen LogP) is 2.71. The number of hydrogen-bond donors (Lipinski definition) is 1. The molecule has 0 aliphatic rings. The Morgan fingerprint density at radius 1 is 1.44 bits per heavy atom. The highest BCUT2D eigenvalue weighted by Crippen LogP contribution is 2.24. The fraction of sp³-hybridized carbons (Fsp3) is 0.333. The van der Waals surface area contributed by atoms with Crippen molar-refractivity contribution < 1.29 is 9.13 Å². The second-order valence-electron chi connectivity index (χ2n) is 3.80.